The predicted octanol–water partition coefficient (Wildman–Crippen LogP) is 1.37. The molecule has 7 nitrogen and oxygen atoms in total. The Hall–Kier alpha value is -3.22. The van der Waals surface area contributed by atoms with E-state index in [0.29, 0.717) is 19.5 Å². The number of nitrogens with one attached hydrogen (secondary N) is 1. The SMILES string of the molecule is Cn1nc(C(=O)N2CCc3[nH]nc(-c4ccccc4)c3C2)ccc1=O. The van der Waals surface area contributed by atoms with Crippen molar-refractivity contribution in [2.45, 2.75) is 13.0 Å². The van der Waals surface area contributed by atoms with Gasteiger partial charge in [0.25, 0.3) is 11.5 Å². The first-order valence-electron chi connectivity index (χ1n) is 8.08. The van der Waals surface area contributed by atoms with Crippen LogP contribution in [-0.4, -0.2) is 37.3 Å². The van der Waals surface area contributed by atoms with Gasteiger partial charge < -0.3 is 4.90 Å². The van der Waals surface area contributed by atoms with Crippen molar-refractivity contribution in [2.24, 2.45) is 7.05 Å². The number of hydrogen-bond donors (Lipinski definition) is 1. The van der Waals surface area contributed by atoms with Crippen LogP contribution in [0.15, 0.2) is 47.3 Å². The van der Waals surface area contributed by atoms with Gasteiger partial charge in [0, 0.05) is 42.9 Å². The van der Waals surface area contributed by atoms with E-state index in [1.165, 1.54) is 23.9 Å². The smallest absolute Gasteiger partial charge is 0.274 e. The molecule has 1 aliphatic rings. The Labute approximate surface area is 143 Å². The number of rotatable bonds is 2. The number of H-pyrrole nitrogens is 1. The lowest BCUT2D eigenvalue weighted by Gasteiger charge is -2.27. The topological polar surface area (TPSA) is 83.9 Å². The van der Waals surface area contributed by atoms with E-state index in [9.17, 15) is 9.59 Å². The fraction of sp³-hybridized carbons (Fsp3) is 0.222. The molecule has 0 saturated heterocycles. The Balaban J connectivity index is 1.64. The summed E-state index contributed by atoms with van der Waals surface area (Å²) in [6.45, 7) is 1.06. The Bertz CT molecular complexity index is 990. The highest BCUT2D eigenvalue weighted by molar-refractivity contribution is 5.92. The third kappa shape index (κ3) is 2.73. The van der Waals surface area contributed by atoms with E-state index in [1.54, 1.807) is 4.90 Å². The predicted molar refractivity (Wildman–Crippen MR) is 91.9 cm³/mol. The van der Waals surface area contributed by atoms with Crippen LogP contribution in [0, 0.1) is 0 Å². The molecule has 1 amide bonds. The molecule has 3 heterocycles. The summed E-state index contributed by atoms with van der Waals surface area (Å²) in [6.07, 6.45) is 0.715. The van der Waals surface area contributed by atoms with Gasteiger partial charge in [-0.25, -0.2) is 4.68 Å². The number of aromatic amines is 1. The van der Waals surface area contributed by atoms with Gasteiger partial charge in [-0.1, -0.05) is 30.3 Å². The van der Waals surface area contributed by atoms with Gasteiger partial charge in [0.15, 0.2) is 0 Å². The molecule has 0 unspecified atom stereocenters. The fourth-order valence-electron chi connectivity index (χ4n) is 3.08. The van der Waals surface area contributed by atoms with Crippen molar-refractivity contribution in [3.8, 4) is 11.3 Å². The van der Waals surface area contributed by atoms with E-state index < -0.39 is 0 Å². The van der Waals surface area contributed by atoms with Crippen LogP contribution in [-0.2, 0) is 20.0 Å². The molecule has 1 aliphatic heterocycles. The number of fused-ring (bicyclic) bond motifs is 1. The maximum Gasteiger partial charge on any atom is 0.274 e. The molecule has 25 heavy (non-hydrogen) atoms. The summed E-state index contributed by atoms with van der Waals surface area (Å²) in [5.74, 6) is -0.179. The molecular weight excluding hydrogens is 318 g/mol. The highest BCUT2D eigenvalue weighted by atomic mass is 16.2. The molecule has 0 saturated carbocycles. The minimum atomic E-state index is -0.237. The van der Waals surface area contributed by atoms with Crippen molar-refractivity contribution in [1.82, 2.24) is 24.9 Å². The average molecular weight is 335 g/mol. The summed E-state index contributed by atoms with van der Waals surface area (Å²) >= 11 is 0. The summed E-state index contributed by atoms with van der Waals surface area (Å²) in [5.41, 5.74) is 4.04. The summed E-state index contributed by atoms with van der Waals surface area (Å²) in [6, 6.07) is 12.8. The Morgan fingerprint density at radius 3 is 2.72 bits per heavy atom. The lowest BCUT2D eigenvalue weighted by atomic mass is 10.0. The van der Waals surface area contributed by atoms with Crippen molar-refractivity contribution in [3.05, 3.63) is 69.8 Å². The van der Waals surface area contributed by atoms with Crippen LogP contribution in [0.25, 0.3) is 11.3 Å². The van der Waals surface area contributed by atoms with E-state index >= 15 is 0 Å². The van der Waals surface area contributed by atoms with Crippen LogP contribution in [0.4, 0.5) is 0 Å². The number of benzene rings is 1. The van der Waals surface area contributed by atoms with Gasteiger partial charge >= 0.3 is 0 Å². The molecule has 3 aromatic rings. The molecule has 0 aliphatic carbocycles. The Morgan fingerprint density at radius 1 is 1.16 bits per heavy atom. The number of aromatic nitrogens is 4. The van der Waals surface area contributed by atoms with Gasteiger partial charge in [-0.3, -0.25) is 14.7 Å². The summed E-state index contributed by atoms with van der Waals surface area (Å²) in [4.78, 5) is 26.0. The fourth-order valence-corrected chi connectivity index (χ4v) is 3.08. The zero-order chi connectivity index (χ0) is 17.4. The van der Waals surface area contributed by atoms with Crippen LogP contribution in [0.5, 0.6) is 0 Å². The van der Waals surface area contributed by atoms with Gasteiger partial charge in [-0.15, -0.1) is 0 Å². The second kappa shape index (κ2) is 6.01. The molecule has 0 fully saturated rings. The molecular formula is C18H17N5O2. The largest absolute Gasteiger partial charge is 0.332 e. The standard InChI is InChI=1S/C18H17N5O2/c1-22-16(24)8-7-15(21-22)18(25)23-10-9-14-13(11-23)17(20-19-14)12-5-3-2-4-6-12/h2-8H,9-11H2,1H3,(H,19,20). The van der Waals surface area contributed by atoms with Gasteiger partial charge in [0.05, 0.1) is 12.2 Å². The second-order valence-electron chi connectivity index (χ2n) is 6.05. The quantitative estimate of drug-likeness (QED) is 0.766. The molecule has 7 heteroatoms. The summed E-state index contributed by atoms with van der Waals surface area (Å²) < 4.78 is 1.18. The Kier molecular flexibility index (Phi) is 3.68. The third-order valence-corrected chi connectivity index (χ3v) is 4.45. The van der Waals surface area contributed by atoms with Crippen LogP contribution >= 0.6 is 0 Å². The van der Waals surface area contributed by atoms with E-state index in [2.05, 4.69) is 15.3 Å². The highest BCUT2D eigenvalue weighted by Crippen LogP contribution is 2.28. The van der Waals surface area contributed by atoms with Crippen molar-refractivity contribution in [2.75, 3.05) is 6.54 Å². The van der Waals surface area contributed by atoms with E-state index in [-0.39, 0.29) is 17.2 Å². The maximum absolute atomic E-state index is 12.8. The molecule has 126 valence electrons. The van der Waals surface area contributed by atoms with Crippen molar-refractivity contribution in [3.63, 3.8) is 0 Å². The lowest BCUT2D eigenvalue weighted by molar-refractivity contribution is 0.0726. The zero-order valence-electron chi connectivity index (χ0n) is 13.8. The molecule has 2 aromatic heterocycles. The van der Waals surface area contributed by atoms with Crippen molar-refractivity contribution >= 4 is 5.91 Å². The number of carbonyl (C=O) groups excluding carboxylic acids is 1. The molecule has 4 rings (SSSR count). The van der Waals surface area contributed by atoms with Gasteiger partial charge in [-0.2, -0.15) is 10.2 Å². The van der Waals surface area contributed by atoms with E-state index in [1.807, 2.05) is 30.3 Å². The minimum absolute atomic E-state index is 0.179. The Morgan fingerprint density at radius 2 is 1.96 bits per heavy atom. The first-order chi connectivity index (χ1) is 12.1. The molecule has 0 atom stereocenters. The molecule has 1 N–H and O–H groups in total. The monoisotopic (exact) mass is 335 g/mol. The van der Waals surface area contributed by atoms with Gasteiger partial charge in [-0.05, 0) is 6.07 Å². The maximum atomic E-state index is 12.8. The lowest BCUT2D eigenvalue weighted by Crippen LogP contribution is -2.37. The van der Waals surface area contributed by atoms with Gasteiger partial charge in [0.1, 0.15) is 5.69 Å². The van der Waals surface area contributed by atoms with E-state index in [4.69, 9.17) is 0 Å². The number of nitrogens with zero attached hydrogens (tertiary/aromatic N) is 4. The zero-order valence-corrected chi connectivity index (χ0v) is 13.8. The molecule has 0 bridgehead atoms. The number of carbonyl (C=O) groups is 1. The van der Waals surface area contributed by atoms with Crippen molar-refractivity contribution < 1.29 is 4.79 Å². The van der Waals surface area contributed by atoms with Crippen LogP contribution in [0.3, 0.4) is 0 Å². The number of aryl methyl sites for hydroxylation is 1. The number of hydrogen-bond acceptors (Lipinski definition) is 4. The number of amides is 1. The normalized spacial score (nSPS) is 13.6. The molecule has 0 spiro atoms. The third-order valence-electron chi connectivity index (χ3n) is 4.45. The van der Waals surface area contributed by atoms with E-state index in [0.717, 1.165) is 22.5 Å². The molecule has 1 aromatic carbocycles. The van der Waals surface area contributed by atoms with Crippen LogP contribution in [0.1, 0.15) is 21.7 Å². The minimum Gasteiger partial charge on any atom is -0.332 e. The summed E-state index contributed by atoms with van der Waals surface area (Å²) in [5, 5.41) is 11.6. The van der Waals surface area contributed by atoms with Crippen LogP contribution < -0.4 is 5.56 Å². The first-order valence-corrected chi connectivity index (χ1v) is 8.08. The first kappa shape index (κ1) is 15.3. The average Bonchev–Trinajstić information content (AvgIpc) is 3.07. The van der Waals surface area contributed by atoms with Crippen LogP contribution in [0.2, 0.25) is 0 Å². The highest BCUT2D eigenvalue weighted by Gasteiger charge is 2.27. The summed E-state index contributed by atoms with van der Waals surface area (Å²) in [7, 11) is 1.54. The second-order valence-corrected chi connectivity index (χ2v) is 6.05. The van der Waals surface area contributed by atoms with Gasteiger partial charge in [0.2, 0.25) is 0 Å². The molecule has 0 radical (unpaired) electrons. The van der Waals surface area contributed by atoms with Crippen molar-refractivity contribution in [1.29, 1.82) is 0 Å².